The summed E-state index contributed by atoms with van der Waals surface area (Å²) in [5, 5.41) is 13.6. The molecule has 2 aromatic rings. The number of aliphatic hydroxyl groups is 1. The van der Waals surface area contributed by atoms with Crippen molar-refractivity contribution in [2.45, 2.75) is 19.6 Å². The molecule has 2 rings (SSSR count). The third-order valence-electron chi connectivity index (χ3n) is 2.90. The summed E-state index contributed by atoms with van der Waals surface area (Å²) in [5.41, 5.74) is 1.94. The van der Waals surface area contributed by atoms with E-state index in [2.05, 4.69) is 10.3 Å². The van der Waals surface area contributed by atoms with Gasteiger partial charge in [-0.15, -0.1) is 0 Å². The number of pyridine rings is 1. The largest absolute Gasteiger partial charge is 0.489 e. The minimum atomic E-state index is -0.605. The summed E-state index contributed by atoms with van der Waals surface area (Å²) >= 11 is 5.98. The molecule has 0 aliphatic carbocycles. The first-order valence-corrected chi connectivity index (χ1v) is 7.21. The van der Waals surface area contributed by atoms with Crippen molar-refractivity contribution >= 4 is 11.6 Å². The number of aromatic nitrogens is 1. The van der Waals surface area contributed by atoms with Crippen molar-refractivity contribution in [2.75, 3.05) is 13.2 Å². The zero-order valence-electron chi connectivity index (χ0n) is 11.9. The maximum absolute atomic E-state index is 9.88. The molecule has 0 amide bonds. The van der Waals surface area contributed by atoms with E-state index in [1.54, 1.807) is 12.1 Å². The average Bonchev–Trinajstić information content (AvgIpc) is 2.46. The molecule has 5 heteroatoms. The van der Waals surface area contributed by atoms with Gasteiger partial charge in [0.25, 0.3) is 0 Å². The lowest BCUT2D eigenvalue weighted by Gasteiger charge is -2.14. The molecule has 2 N–H and O–H groups in total. The Morgan fingerprint density at radius 2 is 2.05 bits per heavy atom. The van der Waals surface area contributed by atoms with Gasteiger partial charge in [0.1, 0.15) is 18.5 Å². The number of aryl methyl sites for hydroxylation is 1. The Morgan fingerprint density at radius 1 is 1.24 bits per heavy atom. The van der Waals surface area contributed by atoms with Crippen molar-refractivity contribution in [3.05, 3.63) is 58.9 Å². The van der Waals surface area contributed by atoms with Gasteiger partial charge in [-0.2, -0.15) is 0 Å². The third kappa shape index (κ3) is 5.34. The van der Waals surface area contributed by atoms with Crippen LogP contribution in [-0.4, -0.2) is 29.3 Å². The van der Waals surface area contributed by atoms with E-state index >= 15 is 0 Å². The first-order chi connectivity index (χ1) is 10.1. The highest BCUT2D eigenvalue weighted by atomic mass is 35.5. The van der Waals surface area contributed by atoms with Crippen molar-refractivity contribution in [1.29, 1.82) is 0 Å². The molecule has 0 aliphatic heterocycles. The highest BCUT2D eigenvalue weighted by Crippen LogP contribution is 2.22. The Morgan fingerprint density at radius 3 is 2.81 bits per heavy atom. The molecule has 1 unspecified atom stereocenters. The molecule has 0 spiro atoms. The summed E-state index contributed by atoms with van der Waals surface area (Å²) in [6.07, 6.45) is -0.605. The van der Waals surface area contributed by atoms with Gasteiger partial charge in [0.05, 0.1) is 10.7 Å². The Bertz CT molecular complexity index is 578. The second kappa shape index (κ2) is 7.98. The smallest absolute Gasteiger partial charge is 0.138 e. The zero-order valence-corrected chi connectivity index (χ0v) is 12.7. The lowest BCUT2D eigenvalue weighted by molar-refractivity contribution is 0.106. The molecular formula is C16H19ClN2O2. The van der Waals surface area contributed by atoms with E-state index in [4.69, 9.17) is 16.3 Å². The number of aliphatic hydroxyl groups excluding tert-OH is 1. The van der Waals surface area contributed by atoms with Gasteiger partial charge in [-0.3, -0.25) is 4.98 Å². The minimum Gasteiger partial charge on any atom is -0.489 e. The van der Waals surface area contributed by atoms with Crippen LogP contribution >= 0.6 is 11.6 Å². The topological polar surface area (TPSA) is 54.4 Å². The predicted octanol–water partition coefficient (Wildman–Crippen LogP) is 2.57. The van der Waals surface area contributed by atoms with Crippen LogP contribution in [0, 0.1) is 6.92 Å². The number of nitrogens with zero attached hydrogens (tertiary/aromatic N) is 1. The summed E-state index contributed by atoms with van der Waals surface area (Å²) in [7, 11) is 0. The maximum atomic E-state index is 9.88. The molecule has 0 aliphatic rings. The molecule has 21 heavy (non-hydrogen) atoms. The van der Waals surface area contributed by atoms with Gasteiger partial charge in [-0.05, 0) is 31.2 Å². The number of hydrogen-bond acceptors (Lipinski definition) is 4. The summed E-state index contributed by atoms with van der Waals surface area (Å²) in [4.78, 5) is 4.38. The molecule has 1 aromatic carbocycles. The fourth-order valence-electron chi connectivity index (χ4n) is 1.87. The number of para-hydroxylation sites is 1. The SMILES string of the molecule is Cc1cccc(CNCC(O)COc2ccccc2Cl)n1. The fraction of sp³-hybridized carbons (Fsp3) is 0.312. The van der Waals surface area contributed by atoms with Crippen molar-refractivity contribution in [3.63, 3.8) is 0 Å². The number of benzene rings is 1. The molecular weight excluding hydrogens is 288 g/mol. The van der Waals surface area contributed by atoms with Crippen molar-refractivity contribution in [2.24, 2.45) is 0 Å². The first kappa shape index (κ1) is 15.8. The van der Waals surface area contributed by atoms with Crippen LogP contribution in [-0.2, 0) is 6.54 Å². The van der Waals surface area contributed by atoms with Gasteiger partial charge < -0.3 is 15.2 Å². The second-order valence-corrected chi connectivity index (χ2v) is 5.20. The van der Waals surface area contributed by atoms with Gasteiger partial charge in [0.2, 0.25) is 0 Å². The van der Waals surface area contributed by atoms with E-state index in [0.717, 1.165) is 11.4 Å². The summed E-state index contributed by atoms with van der Waals surface area (Å²) in [6.45, 7) is 3.19. The molecule has 1 heterocycles. The molecule has 0 bridgehead atoms. The van der Waals surface area contributed by atoms with Crippen LogP contribution in [0.25, 0.3) is 0 Å². The van der Waals surface area contributed by atoms with Crippen LogP contribution < -0.4 is 10.1 Å². The van der Waals surface area contributed by atoms with Gasteiger partial charge >= 0.3 is 0 Å². The van der Waals surface area contributed by atoms with Crippen LogP contribution in [0.2, 0.25) is 5.02 Å². The van der Waals surface area contributed by atoms with E-state index in [1.807, 2.05) is 37.3 Å². The molecule has 0 saturated heterocycles. The Kier molecular flexibility index (Phi) is 5.99. The number of rotatable bonds is 7. The molecule has 0 radical (unpaired) electrons. The number of nitrogens with one attached hydrogen (secondary N) is 1. The van der Waals surface area contributed by atoms with Crippen molar-refractivity contribution in [3.8, 4) is 5.75 Å². The van der Waals surface area contributed by atoms with Crippen LogP contribution in [0.3, 0.4) is 0 Å². The van der Waals surface area contributed by atoms with Crippen molar-refractivity contribution in [1.82, 2.24) is 10.3 Å². The van der Waals surface area contributed by atoms with Crippen LogP contribution in [0.1, 0.15) is 11.4 Å². The molecule has 1 atom stereocenters. The average molecular weight is 307 g/mol. The predicted molar refractivity (Wildman–Crippen MR) is 83.6 cm³/mol. The highest BCUT2D eigenvalue weighted by Gasteiger charge is 2.07. The van der Waals surface area contributed by atoms with E-state index in [-0.39, 0.29) is 6.61 Å². The highest BCUT2D eigenvalue weighted by molar-refractivity contribution is 6.32. The zero-order chi connectivity index (χ0) is 15.1. The second-order valence-electron chi connectivity index (χ2n) is 4.80. The summed E-state index contributed by atoms with van der Waals surface area (Å²) in [5.74, 6) is 0.582. The number of hydrogen-bond donors (Lipinski definition) is 2. The lowest BCUT2D eigenvalue weighted by atomic mass is 10.3. The van der Waals surface area contributed by atoms with E-state index in [9.17, 15) is 5.11 Å². The van der Waals surface area contributed by atoms with E-state index in [0.29, 0.717) is 23.9 Å². The third-order valence-corrected chi connectivity index (χ3v) is 3.21. The van der Waals surface area contributed by atoms with E-state index in [1.165, 1.54) is 0 Å². The van der Waals surface area contributed by atoms with Crippen LogP contribution in [0.15, 0.2) is 42.5 Å². The lowest BCUT2D eigenvalue weighted by Crippen LogP contribution is -2.31. The fourth-order valence-corrected chi connectivity index (χ4v) is 2.06. The van der Waals surface area contributed by atoms with Gasteiger partial charge in [0.15, 0.2) is 0 Å². The van der Waals surface area contributed by atoms with Gasteiger partial charge in [-0.25, -0.2) is 0 Å². The quantitative estimate of drug-likeness (QED) is 0.825. The number of ether oxygens (including phenoxy) is 1. The van der Waals surface area contributed by atoms with Gasteiger partial charge in [-0.1, -0.05) is 29.8 Å². The molecule has 0 fully saturated rings. The Hall–Kier alpha value is -1.62. The maximum Gasteiger partial charge on any atom is 0.138 e. The molecule has 1 aromatic heterocycles. The standard InChI is InChI=1S/C16H19ClN2O2/c1-12-5-4-6-13(19-12)9-18-10-14(20)11-21-16-8-3-2-7-15(16)17/h2-8,14,18,20H,9-11H2,1H3. The Labute approximate surface area is 129 Å². The van der Waals surface area contributed by atoms with Crippen molar-refractivity contribution < 1.29 is 9.84 Å². The molecule has 0 saturated carbocycles. The van der Waals surface area contributed by atoms with Crippen LogP contribution in [0.4, 0.5) is 0 Å². The first-order valence-electron chi connectivity index (χ1n) is 6.84. The van der Waals surface area contributed by atoms with Gasteiger partial charge in [0, 0.05) is 18.8 Å². The molecule has 112 valence electrons. The minimum absolute atomic E-state index is 0.192. The van der Waals surface area contributed by atoms with Crippen LogP contribution in [0.5, 0.6) is 5.75 Å². The Balaban J connectivity index is 1.70. The number of halogens is 1. The summed E-state index contributed by atoms with van der Waals surface area (Å²) in [6, 6.07) is 13.1. The summed E-state index contributed by atoms with van der Waals surface area (Å²) < 4.78 is 5.48. The monoisotopic (exact) mass is 306 g/mol. The molecule has 4 nitrogen and oxygen atoms in total. The normalized spacial score (nSPS) is 12.1. The van der Waals surface area contributed by atoms with E-state index < -0.39 is 6.10 Å².